The fourth-order valence-electron chi connectivity index (χ4n) is 6.12. The molecule has 7 nitrogen and oxygen atoms in total. The average molecular weight is 506 g/mol. The van der Waals surface area contributed by atoms with Crippen LogP contribution in [0.3, 0.4) is 0 Å². The molecule has 2 fully saturated rings. The maximum absolute atomic E-state index is 13.1. The molecule has 2 aromatic rings. The van der Waals surface area contributed by atoms with Gasteiger partial charge in [0.2, 0.25) is 6.61 Å². The summed E-state index contributed by atoms with van der Waals surface area (Å²) < 4.78 is 5.95. The summed E-state index contributed by atoms with van der Waals surface area (Å²) in [5.41, 5.74) is 2.95. The Morgan fingerprint density at radius 3 is 2.46 bits per heavy atom. The number of nitrogens with one attached hydrogen (secondary N) is 1. The van der Waals surface area contributed by atoms with E-state index in [4.69, 9.17) is 4.74 Å². The maximum Gasteiger partial charge on any atom is 0.356 e. The lowest BCUT2D eigenvalue weighted by Crippen LogP contribution is -2.58. The summed E-state index contributed by atoms with van der Waals surface area (Å²) in [6.07, 6.45) is 5.91. The molecule has 0 bridgehead atoms. The van der Waals surface area contributed by atoms with Crippen molar-refractivity contribution < 1.29 is 14.3 Å². The van der Waals surface area contributed by atoms with Crippen LogP contribution >= 0.6 is 0 Å². The van der Waals surface area contributed by atoms with Gasteiger partial charge in [0.05, 0.1) is 7.05 Å². The zero-order chi connectivity index (χ0) is 25.7. The van der Waals surface area contributed by atoms with E-state index in [9.17, 15) is 9.59 Å². The van der Waals surface area contributed by atoms with E-state index in [1.54, 1.807) is 0 Å². The number of piperidine rings is 2. The molecule has 198 valence electrons. The van der Waals surface area contributed by atoms with E-state index in [0.29, 0.717) is 12.5 Å². The molecule has 1 unspecified atom stereocenters. The van der Waals surface area contributed by atoms with Crippen LogP contribution in [0.1, 0.15) is 53.9 Å². The summed E-state index contributed by atoms with van der Waals surface area (Å²) >= 11 is 0. The molecule has 3 heterocycles. The molecule has 0 aromatic heterocycles. The van der Waals surface area contributed by atoms with Crippen LogP contribution in [0.5, 0.6) is 5.75 Å². The van der Waals surface area contributed by atoms with Crippen LogP contribution in [-0.4, -0.2) is 87.6 Å². The Labute approximate surface area is 221 Å². The highest BCUT2D eigenvalue weighted by Crippen LogP contribution is 2.36. The van der Waals surface area contributed by atoms with Crippen LogP contribution in [0, 0.1) is 0 Å². The van der Waals surface area contributed by atoms with Gasteiger partial charge in [-0.05, 0) is 75.5 Å². The van der Waals surface area contributed by atoms with Crippen molar-refractivity contribution in [2.24, 2.45) is 0 Å². The van der Waals surface area contributed by atoms with Gasteiger partial charge in [-0.15, -0.1) is 0 Å². The molecule has 2 amide bonds. The van der Waals surface area contributed by atoms with Crippen molar-refractivity contribution in [3.05, 3.63) is 59.7 Å². The number of hydrogen-bond donors (Lipinski definition) is 1. The number of likely N-dealkylation sites (tertiary alicyclic amines) is 2. The summed E-state index contributed by atoms with van der Waals surface area (Å²) in [6.45, 7) is 7.62. The van der Waals surface area contributed by atoms with Crippen molar-refractivity contribution in [3.8, 4) is 5.75 Å². The van der Waals surface area contributed by atoms with Gasteiger partial charge in [0.15, 0.2) is 11.4 Å². The van der Waals surface area contributed by atoms with Crippen LogP contribution in [0.15, 0.2) is 48.5 Å². The normalized spacial score (nSPS) is 23.3. The second kappa shape index (κ2) is 11.8. The monoisotopic (exact) mass is 505 g/mol. The highest BCUT2D eigenvalue weighted by atomic mass is 16.5. The van der Waals surface area contributed by atoms with E-state index in [-0.39, 0.29) is 22.9 Å². The predicted octanol–water partition coefficient (Wildman–Crippen LogP) is 3.64. The van der Waals surface area contributed by atoms with E-state index < -0.39 is 0 Å². The number of carbonyl (C=O) groups is 2. The van der Waals surface area contributed by atoms with Crippen molar-refractivity contribution in [3.63, 3.8) is 0 Å². The van der Waals surface area contributed by atoms with Crippen molar-refractivity contribution in [1.29, 1.82) is 0 Å². The van der Waals surface area contributed by atoms with Crippen molar-refractivity contribution in [2.75, 3.05) is 66.0 Å². The molecule has 3 aliphatic rings. The molecular formula is C30H41N4O3+. The van der Waals surface area contributed by atoms with E-state index in [2.05, 4.69) is 27.2 Å². The van der Waals surface area contributed by atoms with Gasteiger partial charge in [-0.3, -0.25) is 9.69 Å². The summed E-state index contributed by atoms with van der Waals surface area (Å²) in [4.78, 5) is 30.8. The number of carbonyl (C=O) groups excluding carboxylic acids is 2. The molecule has 0 spiro atoms. The standard InChI is InChI=1S/C30H40N4O3/c1-34(27-11-5-6-12-28(27)37-23-29(34)35)22-21-33-18-13-24(14-19-33)25-9-3-4-10-26(25)30(36)31-15-20-32-16-7-2-8-17-32/h3-6,9-12,24H,2,7-8,13-23H2,1H3/p+1. The van der Waals surface area contributed by atoms with Crippen LogP contribution in [0.4, 0.5) is 5.69 Å². The van der Waals surface area contributed by atoms with Gasteiger partial charge < -0.3 is 15.0 Å². The summed E-state index contributed by atoms with van der Waals surface area (Å²) in [7, 11) is 2.01. The number of para-hydroxylation sites is 2. The Kier molecular flexibility index (Phi) is 8.23. The first kappa shape index (κ1) is 25.9. The van der Waals surface area contributed by atoms with Gasteiger partial charge in [0.1, 0.15) is 6.54 Å². The molecule has 37 heavy (non-hydrogen) atoms. The summed E-state index contributed by atoms with van der Waals surface area (Å²) in [5, 5.41) is 3.17. The van der Waals surface area contributed by atoms with Crippen molar-refractivity contribution in [1.82, 2.24) is 19.6 Å². The van der Waals surface area contributed by atoms with Crippen LogP contribution in [0.25, 0.3) is 0 Å². The van der Waals surface area contributed by atoms with E-state index in [1.807, 2.05) is 43.4 Å². The number of nitrogens with zero attached hydrogens (tertiary/aromatic N) is 3. The highest BCUT2D eigenvalue weighted by Gasteiger charge is 2.41. The molecule has 2 saturated heterocycles. The summed E-state index contributed by atoms with van der Waals surface area (Å²) in [6, 6.07) is 16.0. The lowest BCUT2D eigenvalue weighted by molar-refractivity contribution is -0.133. The second-order valence-corrected chi connectivity index (χ2v) is 10.9. The fourth-order valence-corrected chi connectivity index (χ4v) is 6.12. The van der Waals surface area contributed by atoms with E-state index in [1.165, 1.54) is 24.8 Å². The maximum atomic E-state index is 13.1. The molecule has 3 aliphatic heterocycles. The second-order valence-electron chi connectivity index (χ2n) is 10.9. The van der Waals surface area contributed by atoms with Crippen LogP contribution < -0.4 is 14.5 Å². The summed E-state index contributed by atoms with van der Waals surface area (Å²) in [5.74, 6) is 1.36. The van der Waals surface area contributed by atoms with Gasteiger partial charge in [0.25, 0.3) is 5.91 Å². The Hall–Kier alpha value is -2.74. The number of likely N-dealkylation sites (N-methyl/N-ethyl adjacent to an activating group) is 1. The van der Waals surface area contributed by atoms with Gasteiger partial charge >= 0.3 is 5.91 Å². The van der Waals surface area contributed by atoms with Gasteiger partial charge in [-0.2, -0.15) is 0 Å². The molecular weight excluding hydrogens is 464 g/mol. The molecule has 0 aliphatic carbocycles. The zero-order valence-corrected chi connectivity index (χ0v) is 22.2. The number of hydrogen-bond acceptors (Lipinski definition) is 5. The molecule has 0 saturated carbocycles. The smallest absolute Gasteiger partial charge is 0.356 e. The molecule has 1 atom stereocenters. The quantitative estimate of drug-likeness (QED) is 0.555. The Morgan fingerprint density at radius 1 is 0.946 bits per heavy atom. The minimum absolute atomic E-state index is 0.0527. The number of rotatable bonds is 8. The Balaban J connectivity index is 1.14. The zero-order valence-electron chi connectivity index (χ0n) is 22.2. The third-order valence-corrected chi connectivity index (χ3v) is 8.56. The molecule has 0 radical (unpaired) electrons. The third-order valence-electron chi connectivity index (χ3n) is 8.56. The number of quaternary nitrogens is 1. The Morgan fingerprint density at radius 2 is 1.65 bits per heavy atom. The predicted molar refractivity (Wildman–Crippen MR) is 147 cm³/mol. The van der Waals surface area contributed by atoms with Crippen molar-refractivity contribution in [2.45, 2.75) is 38.0 Å². The molecule has 2 aromatic carbocycles. The molecule has 5 rings (SSSR count). The van der Waals surface area contributed by atoms with Gasteiger partial charge in [0, 0.05) is 31.3 Å². The van der Waals surface area contributed by atoms with Gasteiger partial charge in [-0.25, -0.2) is 9.28 Å². The van der Waals surface area contributed by atoms with Crippen molar-refractivity contribution >= 4 is 17.5 Å². The number of fused-ring (bicyclic) bond motifs is 1. The highest BCUT2D eigenvalue weighted by molar-refractivity contribution is 5.96. The van der Waals surface area contributed by atoms with E-state index in [0.717, 1.165) is 75.7 Å². The lowest BCUT2D eigenvalue weighted by Gasteiger charge is -2.38. The van der Waals surface area contributed by atoms with Gasteiger partial charge in [-0.1, -0.05) is 36.8 Å². The minimum atomic E-state index is 0.0527. The fraction of sp³-hybridized carbons (Fsp3) is 0.533. The SMILES string of the molecule is C[N+]1(CCN2CCC(c3ccccc3C(=O)NCCN3CCCCC3)CC2)C(=O)COc2ccccc21. The Bertz CT molecular complexity index is 1090. The number of benzene rings is 2. The lowest BCUT2D eigenvalue weighted by atomic mass is 9.86. The number of ether oxygens (including phenoxy) is 1. The number of amides is 2. The molecule has 7 heteroatoms. The largest absolute Gasteiger partial charge is 0.473 e. The third kappa shape index (κ3) is 5.89. The first-order valence-corrected chi connectivity index (χ1v) is 14.0. The van der Waals surface area contributed by atoms with Crippen LogP contribution in [-0.2, 0) is 4.79 Å². The average Bonchev–Trinajstić information content (AvgIpc) is 2.95. The topological polar surface area (TPSA) is 61.9 Å². The first-order chi connectivity index (χ1) is 18.0. The molecule has 1 N–H and O–H groups in total. The minimum Gasteiger partial charge on any atom is -0.473 e. The van der Waals surface area contributed by atoms with Crippen LogP contribution in [0.2, 0.25) is 0 Å². The van der Waals surface area contributed by atoms with E-state index >= 15 is 0 Å². The first-order valence-electron chi connectivity index (χ1n) is 14.0.